The summed E-state index contributed by atoms with van der Waals surface area (Å²) in [6, 6.07) is -0.901. The van der Waals surface area contributed by atoms with E-state index in [1.165, 1.54) is 38.5 Å². The Morgan fingerprint density at radius 3 is 2.14 bits per heavy atom. The lowest BCUT2D eigenvalue weighted by molar-refractivity contribution is -0.870. The summed E-state index contributed by atoms with van der Waals surface area (Å²) in [5.74, 6) is -0.249. The van der Waals surface area contributed by atoms with Crippen molar-refractivity contribution in [3.8, 4) is 0 Å². The number of nitrogens with one attached hydrogen (secondary N) is 1. The minimum absolute atomic E-state index is 0.0351. The number of rotatable bonds is 33. The number of allylic oxidation sites excluding steroid dienone is 8. The van der Waals surface area contributed by atoms with Crippen molar-refractivity contribution in [2.45, 2.75) is 148 Å². The Balaban J connectivity index is 4.68. The van der Waals surface area contributed by atoms with E-state index in [2.05, 4.69) is 49.5 Å². The zero-order valence-corrected chi connectivity index (χ0v) is 33.1. The molecule has 0 aliphatic carbocycles. The Morgan fingerprint density at radius 1 is 0.760 bits per heavy atom. The Kier molecular flexibility index (Phi) is 30.7. The molecule has 0 fully saturated rings. The zero-order valence-electron chi connectivity index (χ0n) is 32.2. The first-order valence-corrected chi connectivity index (χ1v) is 20.8. The quantitative estimate of drug-likeness (QED) is 0.0175. The van der Waals surface area contributed by atoms with E-state index in [0.717, 1.165) is 57.8 Å². The van der Waals surface area contributed by atoms with Crippen LogP contribution < -0.4 is 5.32 Å². The number of hydrogen-bond donors (Lipinski definition) is 4. The Hall–Kier alpha value is -1.84. The van der Waals surface area contributed by atoms with E-state index < -0.39 is 26.1 Å². The number of unbranched alkanes of at least 4 members (excludes halogenated alkanes) is 11. The summed E-state index contributed by atoms with van der Waals surface area (Å²) in [5.41, 5.74) is 0. The Labute approximate surface area is 305 Å². The Morgan fingerprint density at radius 2 is 1.42 bits per heavy atom. The first kappa shape index (κ1) is 48.2. The topological polar surface area (TPSA) is 125 Å². The van der Waals surface area contributed by atoms with Crippen molar-refractivity contribution in [1.29, 1.82) is 0 Å². The zero-order chi connectivity index (χ0) is 37.4. The van der Waals surface area contributed by atoms with Gasteiger partial charge in [0.25, 0.3) is 0 Å². The summed E-state index contributed by atoms with van der Waals surface area (Å²) >= 11 is 0. The highest BCUT2D eigenvalue weighted by Gasteiger charge is 2.27. The molecule has 0 aliphatic heterocycles. The highest BCUT2D eigenvalue weighted by molar-refractivity contribution is 7.47. The van der Waals surface area contributed by atoms with Gasteiger partial charge in [-0.2, -0.15) is 0 Å². The third-order valence-corrected chi connectivity index (χ3v) is 9.06. The predicted molar refractivity (Wildman–Crippen MR) is 209 cm³/mol. The monoisotopic (exact) mass is 726 g/mol. The largest absolute Gasteiger partial charge is 0.472 e. The normalized spacial score (nSPS) is 15.9. The van der Waals surface area contributed by atoms with Gasteiger partial charge in [-0.1, -0.05) is 132 Å². The van der Waals surface area contributed by atoms with Gasteiger partial charge in [-0.3, -0.25) is 13.8 Å². The summed E-state index contributed by atoms with van der Waals surface area (Å²) < 4.78 is 23.4. The number of hydrogen-bond acceptors (Lipinski definition) is 6. The van der Waals surface area contributed by atoms with Crippen molar-refractivity contribution in [2.75, 3.05) is 40.9 Å². The summed E-state index contributed by atoms with van der Waals surface area (Å²) in [6.45, 7) is 4.52. The summed E-state index contributed by atoms with van der Waals surface area (Å²) in [7, 11) is 1.48. The molecule has 0 spiro atoms. The highest BCUT2D eigenvalue weighted by atomic mass is 31.2. The molecule has 0 aromatic heterocycles. The number of carbonyl (C=O) groups excluding carboxylic acids is 1. The number of likely N-dealkylation sites (N-methyl/N-ethyl adjacent to an activating group) is 1. The van der Waals surface area contributed by atoms with Gasteiger partial charge in [0.1, 0.15) is 13.2 Å². The van der Waals surface area contributed by atoms with Gasteiger partial charge in [-0.05, 0) is 51.4 Å². The van der Waals surface area contributed by atoms with E-state index in [1.807, 2.05) is 45.4 Å². The van der Waals surface area contributed by atoms with E-state index in [9.17, 15) is 24.5 Å². The molecule has 0 aromatic carbocycles. The molecule has 4 atom stereocenters. The van der Waals surface area contributed by atoms with Crippen LogP contribution in [0.25, 0.3) is 0 Å². The number of carbonyl (C=O) groups is 1. The first-order valence-electron chi connectivity index (χ1n) is 19.3. The molecule has 9 nitrogen and oxygen atoms in total. The molecule has 290 valence electrons. The average Bonchev–Trinajstić information content (AvgIpc) is 3.05. The van der Waals surface area contributed by atoms with E-state index in [0.29, 0.717) is 23.9 Å². The second kappa shape index (κ2) is 31.9. The number of aliphatic hydroxyl groups is 2. The van der Waals surface area contributed by atoms with Crippen molar-refractivity contribution in [2.24, 2.45) is 0 Å². The van der Waals surface area contributed by atoms with Crippen LogP contribution in [0.3, 0.4) is 0 Å². The van der Waals surface area contributed by atoms with E-state index in [4.69, 9.17) is 9.05 Å². The number of phosphoric ester groups is 1. The molecule has 0 aromatic rings. The molecular weight excluding hydrogens is 651 g/mol. The van der Waals surface area contributed by atoms with Crippen LogP contribution in [0.1, 0.15) is 129 Å². The minimum Gasteiger partial charge on any atom is -0.389 e. The van der Waals surface area contributed by atoms with Crippen molar-refractivity contribution < 1.29 is 38.0 Å². The van der Waals surface area contributed by atoms with Gasteiger partial charge in [0.2, 0.25) is 5.91 Å². The second-order valence-electron chi connectivity index (χ2n) is 14.1. The third-order valence-electron chi connectivity index (χ3n) is 8.08. The molecule has 0 aliphatic rings. The van der Waals surface area contributed by atoms with Crippen LogP contribution in [0, 0.1) is 0 Å². The van der Waals surface area contributed by atoms with Crippen molar-refractivity contribution in [3.05, 3.63) is 60.8 Å². The van der Waals surface area contributed by atoms with Crippen LogP contribution in [0.5, 0.6) is 0 Å². The van der Waals surface area contributed by atoms with Crippen molar-refractivity contribution in [3.63, 3.8) is 0 Å². The number of amides is 1. The molecule has 10 heteroatoms. The predicted octanol–water partition coefficient (Wildman–Crippen LogP) is 8.88. The smallest absolute Gasteiger partial charge is 0.389 e. The molecule has 0 saturated carbocycles. The van der Waals surface area contributed by atoms with Gasteiger partial charge >= 0.3 is 7.82 Å². The van der Waals surface area contributed by atoms with Crippen LogP contribution in [-0.4, -0.2) is 84.6 Å². The SMILES string of the molecule is CC/C=C/C/C=C/C=C/C(O)CCCCCCCC(=O)N[C@@H](COP(=O)(O)OCC[N+](C)(C)C)[C@H](O)/C=C/CC/C=C\CCCCCCCC. The fraction of sp³-hybridized carbons (Fsp3) is 0.725. The van der Waals surface area contributed by atoms with Gasteiger partial charge in [0.05, 0.1) is 46.0 Å². The highest BCUT2D eigenvalue weighted by Crippen LogP contribution is 2.43. The van der Waals surface area contributed by atoms with Crippen LogP contribution in [0.15, 0.2) is 60.8 Å². The maximum Gasteiger partial charge on any atom is 0.472 e. The summed E-state index contributed by atoms with van der Waals surface area (Å²) in [5, 5.41) is 23.8. The van der Waals surface area contributed by atoms with Gasteiger partial charge in [-0.25, -0.2) is 4.57 Å². The van der Waals surface area contributed by atoms with E-state index >= 15 is 0 Å². The summed E-state index contributed by atoms with van der Waals surface area (Å²) in [4.78, 5) is 23.0. The van der Waals surface area contributed by atoms with Crippen LogP contribution in [-0.2, 0) is 18.4 Å². The fourth-order valence-corrected chi connectivity index (χ4v) is 5.68. The summed E-state index contributed by atoms with van der Waals surface area (Å²) in [6.07, 6.45) is 35.9. The lowest BCUT2D eigenvalue weighted by atomic mass is 10.1. The fourth-order valence-electron chi connectivity index (χ4n) is 4.94. The molecule has 0 saturated heterocycles. The lowest BCUT2D eigenvalue weighted by Gasteiger charge is -2.25. The molecule has 4 N–H and O–H groups in total. The third kappa shape index (κ3) is 33.3. The molecule has 2 unspecified atom stereocenters. The van der Waals surface area contributed by atoms with E-state index in [1.54, 1.807) is 6.08 Å². The number of phosphoric acid groups is 1. The number of nitrogens with zero attached hydrogens (tertiary/aromatic N) is 1. The van der Waals surface area contributed by atoms with Gasteiger partial charge in [-0.15, -0.1) is 0 Å². The molecule has 1 amide bonds. The Bertz CT molecular complexity index is 1020. The molecule has 0 radical (unpaired) electrons. The molecule has 50 heavy (non-hydrogen) atoms. The molecule has 0 heterocycles. The molecule has 0 rings (SSSR count). The van der Waals surface area contributed by atoms with Crippen LogP contribution in [0.4, 0.5) is 0 Å². The first-order chi connectivity index (χ1) is 23.9. The number of quaternary nitrogens is 1. The van der Waals surface area contributed by atoms with Gasteiger partial charge in [0, 0.05) is 6.42 Å². The standard InChI is InChI=1S/C40H73N2O7P/c1-6-8-10-12-14-15-16-17-18-20-24-28-32-39(44)38(36-49-50(46,47)48-35-34-42(3,4)5)41-40(45)33-29-25-21-23-27-31-37(43)30-26-22-19-13-11-9-7-2/h9,11,17-19,22,26,28,30,32,37-39,43-44H,6-8,10,12-16,20-21,23-25,27,29,31,33-36H2,1-5H3,(H-,41,45,46,47)/p+1/b11-9+,18-17-,22-19+,30-26+,32-28+/t37?,38-,39+/m0/s1. The number of aliphatic hydroxyl groups excluding tert-OH is 2. The lowest BCUT2D eigenvalue weighted by Crippen LogP contribution is -2.45. The second-order valence-corrected chi connectivity index (χ2v) is 15.6. The van der Waals surface area contributed by atoms with Gasteiger partial charge < -0.3 is 24.9 Å². The minimum atomic E-state index is -4.37. The van der Waals surface area contributed by atoms with Crippen LogP contribution >= 0.6 is 7.82 Å². The van der Waals surface area contributed by atoms with Crippen molar-refractivity contribution >= 4 is 13.7 Å². The van der Waals surface area contributed by atoms with Crippen molar-refractivity contribution in [1.82, 2.24) is 5.32 Å². The molecular formula is C40H74N2O7P+. The van der Waals surface area contributed by atoms with E-state index in [-0.39, 0.29) is 25.5 Å². The van der Waals surface area contributed by atoms with Crippen LogP contribution in [0.2, 0.25) is 0 Å². The van der Waals surface area contributed by atoms with Gasteiger partial charge in [0.15, 0.2) is 0 Å². The maximum absolute atomic E-state index is 12.8. The average molecular weight is 726 g/mol. The maximum atomic E-state index is 12.8. The molecule has 0 bridgehead atoms.